The average molecular weight is 407 g/mol. The smallest absolute Gasteiger partial charge is 0.255 e. The second-order valence-corrected chi connectivity index (χ2v) is 7.03. The van der Waals surface area contributed by atoms with E-state index in [0.717, 1.165) is 0 Å². The van der Waals surface area contributed by atoms with Crippen LogP contribution in [0.3, 0.4) is 0 Å². The van der Waals surface area contributed by atoms with Crippen molar-refractivity contribution in [3.8, 4) is 11.4 Å². The molecule has 9 heteroatoms. The summed E-state index contributed by atoms with van der Waals surface area (Å²) in [6.45, 7) is 9.89. The van der Waals surface area contributed by atoms with Crippen LogP contribution in [0.1, 0.15) is 43.6 Å². The Labute approximate surface area is 174 Å². The molecule has 3 aromatic rings. The number of ether oxygens (including phenoxy) is 1. The third kappa shape index (κ3) is 4.29. The molecule has 0 spiro atoms. The van der Waals surface area contributed by atoms with Gasteiger partial charge in [-0.2, -0.15) is 0 Å². The highest BCUT2D eigenvalue weighted by atomic mass is 16.5. The Bertz CT molecular complexity index is 1160. The monoisotopic (exact) mass is 407 g/mol. The first-order valence-corrected chi connectivity index (χ1v) is 9.46. The van der Waals surface area contributed by atoms with Gasteiger partial charge < -0.3 is 15.0 Å². The summed E-state index contributed by atoms with van der Waals surface area (Å²) in [7, 11) is 1.58. The maximum Gasteiger partial charge on any atom is 0.255 e. The molecule has 0 aliphatic carbocycles. The van der Waals surface area contributed by atoms with E-state index < -0.39 is 0 Å². The largest absolute Gasteiger partial charge is 0.501 e. The summed E-state index contributed by atoms with van der Waals surface area (Å²) in [5.74, 6) is 0.763. The molecule has 0 aliphatic rings. The summed E-state index contributed by atoms with van der Waals surface area (Å²) in [6.07, 6.45) is 6.89. The lowest BCUT2D eigenvalue weighted by Crippen LogP contribution is -2.25. The Hall–Kier alpha value is -3.75. The fraction of sp³-hybridized carbons (Fsp3) is 0.286. The fourth-order valence-corrected chi connectivity index (χ4v) is 3.01. The number of pyridine rings is 1. The molecule has 9 nitrogen and oxygen atoms in total. The normalized spacial score (nSPS) is 11.7. The van der Waals surface area contributed by atoms with Crippen molar-refractivity contribution in [2.75, 3.05) is 12.8 Å². The number of hydrogen-bond donors (Lipinski definition) is 1. The van der Waals surface area contributed by atoms with Gasteiger partial charge >= 0.3 is 0 Å². The lowest BCUT2D eigenvalue weighted by Gasteiger charge is -2.11. The molecule has 2 N–H and O–H groups in total. The zero-order valence-electron chi connectivity index (χ0n) is 17.5. The van der Waals surface area contributed by atoms with Gasteiger partial charge in [0.05, 0.1) is 31.3 Å². The fourth-order valence-electron chi connectivity index (χ4n) is 3.01. The molecule has 0 amide bonds. The van der Waals surface area contributed by atoms with E-state index in [1.54, 1.807) is 47.0 Å². The van der Waals surface area contributed by atoms with Crippen molar-refractivity contribution in [2.24, 2.45) is 0 Å². The Balaban J connectivity index is 2.00. The van der Waals surface area contributed by atoms with Gasteiger partial charge in [-0.05, 0) is 26.8 Å². The third-order valence-corrected chi connectivity index (χ3v) is 4.58. The minimum absolute atomic E-state index is 0.0509. The molecule has 30 heavy (non-hydrogen) atoms. The molecule has 0 bridgehead atoms. The lowest BCUT2D eigenvalue weighted by atomic mass is 10.1. The summed E-state index contributed by atoms with van der Waals surface area (Å²) in [6, 6.07) is 3.72. The molecule has 0 aliphatic heterocycles. The van der Waals surface area contributed by atoms with Crippen LogP contribution in [-0.4, -0.2) is 36.6 Å². The van der Waals surface area contributed by atoms with Crippen molar-refractivity contribution < 1.29 is 4.74 Å². The Kier molecular flexibility index (Phi) is 6.10. The van der Waals surface area contributed by atoms with E-state index in [1.165, 1.54) is 0 Å². The minimum atomic E-state index is -0.0509. The van der Waals surface area contributed by atoms with Gasteiger partial charge in [-0.1, -0.05) is 23.9 Å². The molecule has 3 aromatic heterocycles. The quantitative estimate of drug-likeness (QED) is 0.599. The number of hydrogen-bond acceptors (Lipinski definition) is 7. The van der Waals surface area contributed by atoms with E-state index in [-0.39, 0.29) is 17.5 Å². The third-order valence-electron chi connectivity index (χ3n) is 4.58. The Morgan fingerprint density at radius 2 is 2.13 bits per heavy atom. The van der Waals surface area contributed by atoms with E-state index in [0.29, 0.717) is 40.5 Å². The molecule has 0 fully saturated rings. The average Bonchev–Trinajstić information content (AvgIpc) is 3.17. The van der Waals surface area contributed by atoms with E-state index in [1.807, 2.05) is 26.8 Å². The zero-order chi connectivity index (χ0) is 21.8. The van der Waals surface area contributed by atoms with Crippen molar-refractivity contribution in [2.45, 2.75) is 33.4 Å². The van der Waals surface area contributed by atoms with Gasteiger partial charge in [-0.15, -0.1) is 5.10 Å². The van der Waals surface area contributed by atoms with Crippen molar-refractivity contribution in [1.29, 1.82) is 0 Å². The van der Waals surface area contributed by atoms with Crippen molar-refractivity contribution in [1.82, 2.24) is 29.5 Å². The van der Waals surface area contributed by atoms with E-state index in [2.05, 4.69) is 26.9 Å². The molecule has 0 unspecified atom stereocenters. The summed E-state index contributed by atoms with van der Waals surface area (Å²) in [5, 5.41) is 8.38. The number of aromatic nitrogens is 6. The number of nitrogens with two attached hydrogens (primary N) is 1. The van der Waals surface area contributed by atoms with E-state index in [9.17, 15) is 4.79 Å². The maximum absolute atomic E-state index is 12.6. The van der Waals surface area contributed by atoms with Crippen LogP contribution < -0.4 is 11.3 Å². The predicted octanol–water partition coefficient (Wildman–Crippen LogP) is 2.76. The van der Waals surface area contributed by atoms with Crippen LogP contribution in [0.4, 0.5) is 5.95 Å². The molecule has 0 aromatic carbocycles. The van der Waals surface area contributed by atoms with Crippen LogP contribution in [0.5, 0.6) is 0 Å². The SMILES string of the molecule is C=Cc1c(/C=C(\C)OC)nc(N)nc1-c1cn(Cc2cccn(C(C)C)c2=O)nn1. The van der Waals surface area contributed by atoms with Crippen LogP contribution in [0.25, 0.3) is 23.5 Å². The number of methoxy groups -OCH3 is 1. The molecule has 0 radical (unpaired) electrons. The zero-order valence-corrected chi connectivity index (χ0v) is 17.5. The second-order valence-electron chi connectivity index (χ2n) is 7.03. The highest BCUT2D eigenvalue weighted by Crippen LogP contribution is 2.25. The second kappa shape index (κ2) is 8.73. The van der Waals surface area contributed by atoms with Gasteiger partial charge in [0, 0.05) is 29.4 Å². The van der Waals surface area contributed by atoms with Gasteiger partial charge in [-0.3, -0.25) is 4.79 Å². The number of nitrogen functional groups attached to an aromatic ring is 1. The Morgan fingerprint density at radius 1 is 1.37 bits per heavy atom. The molecule has 0 saturated carbocycles. The van der Waals surface area contributed by atoms with Crippen molar-refractivity contribution in [3.63, 3.8) is 0 Å². The standard InChI is InChI=1S/C21H25N7O2/c1-6-16-17(10-14(4)30-5)23-21(22)24-19(16)18-12-27(26-25-18)11-15-8-7-9-28(13(2)3)20(15)29/h6-10,12-13H,1,11H2,2-5H3,(H2,22,23,24)/b14-10+. The van der Waals surface area contributed by atoms with Crippen LogP contribution in [0, 0.1) is 0 Å². The first-order chi connectivity index (χ1) is 14.3. The molecule has 156 valence electrons. The van der Waals surface area contributed by atoms with Crippen LogP contribution in [0.2, 0.25) is 0 Å². The van der Waals surface area contributed by atoms with Crippen LogP contribution in [-0.2, 0) is 11.3 Å². The maximum atomic E-state index is 12.6. The molecule has 3 rings (SSSR count). The van der Waals surface area contributed by atoms with Crippen LogP contribution in [0.15, 0.2) is 41.7 Å². The summed E-state index contributed by atoms with van der Waals surface area (Å²) in [4.78, 5) is 21.2. The molecule has 3 heterocycles. The first kappa shape index (κ1) is 21.0. The minimum Gasteiger partial charge on any atom is -0.501 e. The molecular weight excluding hydrogens is 382 g/mol. The lowest BCUT2D eigenvalue weighted by molar-refractivity contribution is 0.297. The summed E-state index contributed by atoms with van der Waals surface area (Å²) >= 11 is 0. The highest BCUT2D eigenvalue weighted by Gasteiger charge is 2.16. The summed E-state index contributed by atoms with van der Waals surface area (Å²) < 4.78 is 8.49. The van der Waals surface area contributed by atoms with E-state index >= 15 is 0 Å². The van der Waals surface area contributed by atoms with E-state index in [4.69, 9.17) is 10.5 Å². The first-order valence-electron chi connectivity index (χ1n) is 9.46. The van der Waals surface area contributed by atoms with Gasteiger partial charge in [0.15, 0.2) is 0 Å². The van der Waals surface area contributed by atoms with Crippen molar-refractivity contribution >= 4 is 18.1 Å². The topological polar surface area (TPSA) is 114 Å². The number of nitrogens with zero attached hydrogens (tertiary/aromatic N) is 6. The van der Waals surface area contributed by atoms with Gasteiger partial charge in [0.2, 0.25) is 5.95 Å². The van der Waals surface area contributed by atoms with Gasteiger partial charge in [0.25, 0.3) is 5.56 Å². The number of anilines is 1. The summed E-state index contributed by atoms with van der Waals surface area (Å²) in [5.41, 5.74) is 8.72. The van der Waals surface area contributed by atoms with Crippen molar-refractivity contribution in [3.05, 3.63) is 64.0 Å². The molecular formula is C21H25N7O2. The van der Waals surface area contributed by atoms with Gasteiger partial charge in [-0.25, -0.2) is 14.6 Å². The Morgan fingerprint density at radius 3 is 2.80 bits per heavy atom. The predicted molar refractivity (Wildman–Crippen MR) is 116 cm³/mol. The van der Waals surface area contributed by atoms with Crippen LogP contribution >= 0.6 is 0 Å². The number of allylic oxidation sites excluding steroid dienone is 1. The molecule has 0 saturated heterocycles. The van der Waals surface area contributed by atoms with Gasteiger partial charge in [0.1, 0.15) is 11.4 Å². The highest BCUT2D eigenvalue weighted by molar-refractivity contribution is 5.75. The number of rotatable bonds is 7. The molecule has 0 atom stereocenters.